The highest BCUT2D eigenvalue weighted by Gasteiger charge is 2.23. The van der Waals surface area contributed by atoms with Crippen LogP contribution in [0.5, 0.6) is 0 Å². The first-order valence-corrected chi connectivity index (χ1v) is 6.55. The van der Waals surface area contributed by atoms with Gasteiger partial charge in [0.2, 0.25) is 0 Å². The van der Waals surface area contributed by atoms with E-state index in [1.54, 1.807) is 0 Å². The fourth-order valence-electron chi connectivity index (χ4n) is 2.12. The summed E-state index contributed by atoms with van der Waals surface area (Å²) in [5.74, 6) is 0. The van der Waals surface area contributed by atoms with Crippen LogP contribution in [0.2, 0.25) is 0 Å². The fourth-order valence-corrected chi connectivity index (χ4v) is 2.12. The molecule has 0 spiro atoms. The molecule has 0 amide bonds. The molecule has 1 aromatic rings. The van der Waals surface area contributed by atoms with Crippen molar-refractivity contribution in [3.8, 4) is 0 Å². The van der Waals surface area contributed by atoms with E-state index in [1.807, 2.05) is 0 Å². The fraction of sp³-hybridized carbons (Fsp3) is 0.571. The molecule has 0 bridgehead atoms. The summed E-state index contributed by atoms with van der Waals surface area (Å²) < 4.78 is 10.4. The van der Waals surface area contributed by atoms with E-state index in [0.29, 0.717) is 12.2 Å². The predicted molar refractivity (Wildman–Crippen MR) is 72.4 cm³/mol. The zero-order valence-electron chi connectivity index (χ0n) is 11.0. The highest BCUT2D eigenvalue weighted by molar-refractivity contribution is 5.68. The SMILES string of the molecule is Cc1ccc(NCC2CO2)c(C)c1NCC1CO1. The Morgan fingerprint density at radius 3 is 2.28 bits per heavy atom. The van der Waals surface area contributed by atoms with Gasteiger partial charge in [0.15, 0.2) is 0 Å². The van der Waals surface area contributed by atoms with E-state index in [-0.39, 0.29) is 0 Å². The number of hydrogen-bond acceptors (Lipinski definition) is 4. The minimum Gasteiger partial charge on any atom is -0.382 e. The largest absolute Gasteiger partial charge is 0.382 e. The van der Waals surface area contributed by atoms with Crippen LogP contribution in [0.1, 0.15) is 11.1 Å². The van der Waals surface area contributed by atoms with Crippen molar-refractivity contribution in [1.82, 2.24) is 0 Å². The number of epoxide rings is 2. The molecule has 2 unspecified atom stereocenters. The van der Waals surface area contributed by atoms with E-state index in [2.05, 4.69) is 36.6 Å². The maximum atomic E-state index is 5.23. The molecular formula is C14H20N2O2. The molecule has 2 aliphatic heterocycles. The van der Waals surface area contributed by atoms with Gasteiger partial charge in [0, 0.05) is 24.5 Å². The Labute approximate surface area is 108 Å². The third kappa shape index (κ3) is 2.76. The minimum absolute atomic E-state index is 0.403. The quantitative estimate of drug-likeness (QED) is 0.755. The normalized spacial score (nSPS) is 24.8. The molecule has 2 fully saturated rings. The van der Waals surface area contributed by atoms with Crippen molar-refractivity contribution < 1.29 is 9.47 Å². The molecule has 0 saturated carbocycles. The zero-order valence-corrected chi connectivity index (χ0v) is 11.0. The second-order valence-corrected chi connectivity index (χ2v) is 5.10. The smallest absolute Gasteiger partial charge is 0.0981 e. The van der Waals surface area contributed by atoms with Crippen molar-refractivity contribution in [2.24, 2.45) is 0 Å². The van der Waals surface area contributed by atoms with E-state index in [4.69, 9.17) is 9.47 Å². The van der Waals surface area contributed by atoms with Crippen LogP contribution in [0.4, 0.5) is 11.4 Å². The monoisotopic (exact) mass is 248 g/mol. The summed E-state index contributed by atoms with van der Waals surface area (Å²) in [6, 6.07) is 4.30. The lowest BCUT2D eigenvalue weighted by atomic mass is 10.1. The van der Waals surface area contributed by atoms with Gasteiger partial charge >= 0.3 is 0 Å². The number of rotatable bonds is 6. The Balaban J connectivity index is 1.69. The molecule has 2 aliphatic rings. The maximum Gasteiger partial charge on any atom is 0.0981 e. The van der Waals surface area contributed by atoms with Crippen LogP contribution in [0.3, 0.4) is 0 Å². The van der Waals surface area contributed by atoms with Crippen LogP contribution in [-0.4, -0.2) is 38.5 Å². The van der Waals surface area contributed by atoms with Crippen molar-refractivity contribution in [2.45, 2.75) is 26.1 Å². The van der Waals surface area contributed by atoms with Gasteiger partial charge in [-0.3, -0.25) is 0 Å². The molecule has 18 heavy (non-hydrogen) atoms. The molecule has 0 aliphatic carbocycles. The summed E-state index contributed by atoms with van der Waals surface area (Å²) in [5.41, 5.74) is 4.97. The first-order valence-electron chi connectivity index (χ1n) is 6.55. The van der Waals surface area contributed by atoms with E-state index in [1.165, 1.54) is 22.5 Å². The molecule has 2 saturated heterocycles. The second-order valence-electron chi connectivity index (χ2n) is 5.10. The van der Waals surface area contributed by atoms with Crippen LogP contribution in [0, 0.1) is 13.8 Å². The van der Waals surface area contributed by atoms with Crippen LogP contribution < -0.4 is 10.6 Å². The van der Waals surface area contributed by atoms with Gasteiger partial charge in [0.05, 0.1) is 25.4 Å². The zero-order chi connectivity index (χ0) is 12.5. The van der Waals surface area contributed by atoms with E-state index < -0.39 is 0 Å². The highest BCUT2D eigenvalue weighted by atomic mass is 16.6. The molecule has 4 heteroatoms. The lowest BCUT2D eigenvalue weighted by Gasteiger charge is -2.16. The van der Waals surface area contributed by atoms with Gasteiger partial charge in [-0.2, -0.15) is 0 Å². The Kier molecular flexibility index (Phi) is 3.14. The Hall–Kier alpha value is -1.26. The number of hydrogen-bond donors (Lipinski definition) is 2. The van der Waals surface area contributed by atoms with E-state index in [0.717, 1.165) is 26.3 Å². The molecule has 2 heterocycles. The predicted octanol–water partition coefficient (Wildman–Crippen LogP) is 1.92. The third-order valence-electron chi connectivity index (χ3n) is 3.50. The van der Waals surface area contributed by atoms with Crippen LogP contribution in [0.15, 0.2) is 12.1 Å². The van der Waals surface area contributed by atoms with Crippen molar-refractivity contribution in [3.05, 3.63) is 23.3 Å². The summed E-state index contributed by atoms with van der Waals surface area (Å²) >= 11 is 0. The molecular weight excluding hydrogens is 228 g/mol. The number of anilines is 2. The lowest BCUT2D eigenvalue weighted by molar-refractivity contribution is 0.416. The van der Waals surface area contributed by atoms with Gasteiger partial charge < -0.3 is 20.1 Å². The number of nitrogens with one attached hydrogen (secondary N) is 2. The number of benzene rings is 1. The van der Waals surface area contributed by atoms with Crippen molar-refractivity contribution in [3.63, 3.8) is 0 Å². The Morgan fingerprint density at radius 1 is 1.06 bits per heavy atom. The van der Waals surface area contributed by atoms with Gasteiger partial charge in [-0.1, -0.05) is 6.07 Å². The molecule has 3 rings (SSSR count). The van der Waals surface area contributed by atoms with Crippen molar-refractivity contribution >= 4 is 11.4 Å². The van der Waals surface area contributed by atoms with Crippen LogP contribution in [0.25, 0.3) is 0 Å². The Morgan fingerprint density at radius 2 is 1.67 bits per heavy atom. The average molecular weight is 248 g/mol. The van der Waals surface area contributed by atoms with Crippen LogP contribution >= 0.6 is 0 Å². The number of aryl methyl sites for hydroxylation is 1. The van der Waals surface area contributed by atoms with E-state index in [9.17, 15) is 0 Å². The minimum atomic E-state index is 0.403. The van der Waals surface area contributed by atoms with Crippen LogP contribution in [-0.2, 0) is 9.47 Å². The van der Waals surface area contributed by atoms with Gasteiger partial charge in [-0.05, 0) is 31.0 Å². The van der Waals surface area contributed by atoms with Gasteiger partial charge in [-0.15, -0.1) is 0 Å². The molecule has 0 aromatic heterocycles. The average Bonchev–Trinajstić information content (AvgIpc) is 3.23. The molecule has 0 radical (unpaired) electrons. The molecule has 4 nitrogen and oxygen atoms in total. The summed E-state index contributed by atoms with van der Waals surface area (Å²) in [6.45, 7) is 7.87. The molecule has 98 valence electrons. The summed E-state index contributed by atoms with van der Waals surface area (Å²) in [7, 11) is 0. The van der Waals surface area contributed by atoms with Gasteiger partial charge in [-0.25, -0.2) is 0 Å². The summed E-state index contributed by atoms with van der Waals surface area (Å²) in [4.78, 5) is 0. The summed E-state index contributed by atoms with van der Waals surface area (Å²) in [5, 5.41) is 6.94. The number of ether oxygens (including phenoxy) is 2. The van der Waals surface area contributed by atoms with E-state index >= 15 is 0 Å². The third-order valence-corrected chi connectivity index (χ3v) is 3.50. The van der Waals surface area contributed by atoms with Crippen molar-refractivity contribution in [2.75, 3.05) is 36.9 Å². The Bertz CT molecular complexity index is 440. The first-order chi connectivity index (χ1) is 8.74. The van der Waals surface area contributed by atoms with Crippen molar-refractivity contribution in [1.29, 1.82) is 0 Å². The molecule has 2 N–H and O–H groups in total. The standard InChI is InChI=1S/C14H20N2O2/c1-9-3-4-13(15-5-11-7-17-11)10(2)14(9)16-6-12-8-18-12/h3-4,11-12,15-16H,5-8H2,1-2H3. The molecule has 1 aromatic carbocycles. The lowest BCUT2D eigenvalue weighted by Crippen LogP contribution is -2.13. The second kappa shape index (κ2) is 4.78. The maximum absolute atomic E-state index is 5.23. The van der Waals surface area contributed by atoms with Gasteiger partial charge in [0.1, 0.15) is 0 Å². The summed E-state index contributed by atoms with van der Waals surface area (Å²) in [6.07, 6.45) is 0.808. The first kappa shape index (κ1) is 11.8. The van der Waals surface area contributed by atoms with Gasteiger partial charge in [0.25, 0.3) is 0 Å². The topological polar surface area (TPSA) is 49.1 Å². The highest BCUT2D eigenvalue weighted by Crippen LogP contribution is 2.28. The molecule has 2 atom stereocenters.